The van der Waals surface area contributed by atoms with Gasteiger partial charge in [0.2, 0.25) is 0 Å². The van der Waals surface area contributed by atoms with Crippen LogP contribution in [0.3, 0.4) is 0 Å². The number of esters is 1. The zero-order valence-corrected chi connectivity index (χ0v) is 10.4. The van der Waals surface area contributed by atoms with Crippen molar-refractivity contribution >= 4 is 17.6 Å². The summed E-state index contributed by atoms with van der Waals surface area (Å²) >= 11 is 5.49. The molecule has 0 radical (unpaired) electrons. The van der Waals surface area contributed by atoms with Gasteiger partial charge in [-0.25, -0.2) is 0 Å². The van der Waals surface area contributed by atoms with Crippen molar-refractivity contribution in [2.45, 2.75) is 46.0 Å². The summed E-state index contributed by atoms with van der Waals surface area (Å²) < 4.78 is 4.96. The number of hydrogen-bond donors (Lipinski definition) is 0. The van der Waals surface area contributed by atoms with E-state index in [9.17, 15) is 4.79 Å². The first kappa shape index (κ1) is 14.5. The Morgan fingerprint density at radius 2 is 2.07 bits per heavy atom. The molecule has 0 saturated heterocycles. The van der Waals surface area contributed by atoms with Crippen molar-refractivity contribution in [3.63, 3.8) is 0 Å². The van der Waals surface area contributed by atoms with E-state index in [2.05, 4.69) is 6.92 Å². The van der Waals surface area contributed by atoms with Gasteiger partial charge < -0.3 is 4.74 Å². The molecule has 15 heavy (non-hydrogen) atoms. The normalized spacial score (nSPS) is 13.0. The Bertz CT molecular complexity index is 190. The monoisotopic (exact) mass is 232 g/mol. The van der Waals surface area contributed by atoms with E-state index in [1.807, 2.05) is 6.92 Å². The molecule has 0 N–H and O–H groups in total. The molecule has 0 aliphatic rings. The van der Waals surface area contributed by atoms with Crippen LogP contribution in [0.15, 0.2) is 11.6 Å². The van der Waals surface area contributed by atoms with E-state index in [4.69, 9.17) is 16.3 Å². The van der Waals surface area contributed by atoms with Gasteiger partial charge in [0.25, 0.3) is 0 Å². The van der Waals surface area contributed by atoms with Gasteiger partial charge >= 0.3 is 5.97 Å². The van der Waals surface area contributed by atoms with Crippen molar-refractivity contribution in [3.05, 3.63) is 11.6 Å². The molecule has 0 saturated carbocycles. The molecule has 2 nitrogen and oxygen atoms in total. The van der Waals surface area contributed by atoms with Crippen LogP contribution < -0.4 is 0 Å². The van der Waals surface area contributed by atoms with Crippen LogP contribution in [-0.4, -0.2) is 12.6 Å². The van der Waals surface area contributed by atoms with Gasteiger partial charge in [-0.15, -0.1) is 0 Å². The molecule has 0 unspecified atom stereocenters. The van der Waals surface area contributed by atoms with Gasteiger partial charge in [-0.1, -0.05) is 50.3 Å². The number of ether oxygens (including phenoxy) is 1. The molecule has 0 aromatic rings. The van der Waals surface area contributed by atoms with Crippen LogP contribution in [0.2, 0.25) is 0 Å². The first-order chi connectivity index (χ1) is 7.26. The molecule has 0 aliphatic heterocycles. The van der Waals surface area contributed by atoms with Crippen molar-refractivity contribution < 1.29 is 9.53 Å². The second-order valence-corrected chi connectivity index (χ2v) is 3.78. The molecule has 3 heteroatoms. The second-order valence-electron chi connectivity index (χ2n) is 3.53. The Labute approximate surface area is 97.6 Å². The van der Waals surface area contributed by atoms with Crippen molar-refractivity contribution in [2.75, 3.05) is 6.61 Å². The highest BCUT2D eigenvalue weighted by molar-refractivity contribution is 6.25. The molecule has 0 rings (SSSR count). The summed E-state index contributed by atoms with van der Waals surface area (Å²) in [6.07, 6.45) is 7.20. The first-order valence-electron chi connectivity index (χ1n) is 5.69. The van der Waals surface area contributed by atoms with Crippen LogP contribution in [0.25, 0.3) is 0 Å². The fraction of sp³-hybridized carbons (Fsp3) is 0.750. The van der Waals surface area contributed by atoms with Gasteiger partial charge in [0.15, 0.2) is 0 Å². The molecule has 0 aromatic carbocycles. The Morgan fingerprint density at radius 1 is 1.33 bits per heavy atom. The van der Waals surface area contributed by atoms with E-state index in [0.717, 1.165) is 12.8 Å². The zero-order chi connectivity index (χ0) is 11.5. The lowest BCUT2D eigenvalue weighted by molar-refractivity contribution is -0.146. The summed E-state index contributed by atoms with van der Waals surface area (Å²) in [5.41, 5.74) is 1.40. The predicted molar refractivity (Wildman–Crippen MR) is 63.9 cm³/mol. The summed E-state index contributed by atoms with van der Waals surface area (Å²) in [6.45, 7) is 4.42. The Hall–Kier alpha value is -0.500. The van der Waals surface area contributed by atoms with Crippen LogP contribution >= 0.6 is 11.6 Å². The third kappa shape index (κ3) is 7.43. The minimum atomic E-state index is -0.167. The average Bonchev–Trinajstić information content (AvgIpc) is 2.23. The molecule has 1 atom stereocenters. The zero-order valence-electron chi connectivity index (χ0n) is 9.67. The van der Waals surface area contributed by atoms with E-state index in [1.165, 1.54) is 24.8 Å². The molecule has 0 fully saturated rings. The summed E-state index contributed by atoms with van der Waals surface area (Å²) in [6, 6.07) is 0. The molecular formula is C12H21ClO2. The van der Waals surface area contributed by atoms with Gasteiger partial charge in [0.05, 0.1) is 12.5 Å². The third-order valence-electron chi connectivity index (χ3n) is 2.26. The topological polar surface area (TPSA) is 26.3 Å². The molecule has 0 bridgehead atoms. The highest BCUT2D eigenvalue weighted by Gasteiger charge is 2.15. The van der Waals surface area contributed by atoms with Crippen LogP contribution in [0.1, 0.15) is 46.0 Å². The third-order valence-corrected chi connectivity index (χ3v) is 2.41. The van der Waals surface area contributed by atoms with Gasteiger partial charge in [-0.05, 0) is 13.3 Å². The van der Waals surface area contributed by atoms with E-state index < -0.39 is 0 Å². The van der Waals surface area contributed by atoms with Gasteiger partial charge in [-0.3, -0.25) is 4.79 Å². The largest absolute Gasteiger partial charge is 0.466 e. The minimum Gasteiger partial charge on any atom is -0.466 e. The maximum absolute atomic E-state index is 11.5. The standard InChI is InChI=1S/C12H21ClO2/c1-3-5-6-7-8-11(9-10-13)12(14)15-4-2/h9-11H,3-8H2,1-2H3/b10-9-/t11-/m0/s1. The van der Waals surface area contributed by atoms with E-state index in [-0.39, 0.29) is 11.9 Å². The summed E-state index contributed by atoms with van der Waals surface area (Å²) in [4.78, 5) is 11.5. The minimum absolute atomic E-state index is 0.161. The Kier molecular flexibility index (Phi) is 9.70. The molecule has 0 aliphatic carbocycles. The quantitative estimate of drug-likeness (QED) is 0.469. The highest BCUT2D eigenvalue weighted by atomic mass is 35.5. The van der Waals surface area contributed by atoms with Crippen LogP contribution in [0.5, 0.6) is 0 Å². The van der Waals surface area contributed by atoms with Crippen molar-refractivity contribution in [1.82, 2.24) is 0 Å². The summed E-state index contributed by atoms with van der Waals surface area (Å²) in [5, 5.41) is 0. The fourth-order valence-corrected chi connectivity index (χ4v) is 1.60. The predicted octanol–water partition coefficient (Wildman–Crippen LogP) is 3.89. The summed E-state index contributed by atoms with van der Waals surface area (Å²) in [7, 11) is 0. The number of carbonyl (C=O) groups excluding carboxylic acids is 1. The highest BCUT2D eigenvalue weighted by Crippen LogP contribution is 2.14. The fourth-order valence-electron chi connectivity index (χ4n) is 1.42. The molecule has 0 heterocycles. The van der Waals surface area contributed by atoms with Crippen molar-refractivity contribution in [1.29, 1.82) is 0 Å². The number of halogens is 1. The lowest BCUT2D eigenvalue weighted by Crippen LogP contribution is -2.15. The first-order valence-corrected chi connectivity index (χ1v) is 6.13. The lowest BCUT2D eigenvalue weighted by atomic mass is 10.0. The second kappa shape index (κ2) is 10.0. The molecule has 88 valence electrons. The van der Waals surface area contributed by atoms with Gasteiger partial charge in [0.1, 0.15) is 0 Å². The van der Waals surface area contributed by atoms with Crippen molar-refractivity contribution in [2.24, 2.45) is 5.92 Å². The van der Waals surface area contributed by atoms with E-state index >= 15 is 0 Å². The van der Waals surface area contributed by atoms with Gasteiger partial charge in [0, 0.05) is 5.54 Å². The SMILES string of the molecule is CCCCCC[C@@H](/C=C\Cl)C(=O)OCC. The smallest absolute Gasteiger partial charge is 0.312 e. The number of carbonyl (C=O) groups is 1. The molecule has 0 spiro atoms. The maximum atomic E-state index is 11.5. The number of unbranched alkanes of at least 4 members (excludes halogenated alkanes) is 3. The van der Waals surface area contributed by atoms with Gasteiger partial charge in [-0.2, -0.15) is 0 Å². The van der Waals surface area contributed by atoms with E-state index in [1.54, 1.807) is 6.08 Å². The molecule has 0 amide bonds. The van der Waals surface area contributed by atoms with E-state index in [0.29, 0.717) is 6.61 Å². The summed E-state index contributed by atoms with van der Waals surface area (Å²) in [5.74, 6) is -0.329. The van der Waals surface area contributed by atoms with Crippen LogP contribution in [0, 0.1) is 5.92 Å². The van der Waals surface area contributed by atoms with Crippen LogP contribution in [0.4, 0.5) is 0 Å². The van der Waals surface area contributed by atoms with Crippen LogP contribution in [-0.2, 0) is 9.53 Å². The Morgan fingerprint density at radius 3 is 2.60 bits per heavy atom. The van der Waals surface area contributed by atoms with Crippen molar-refractivity contribution in [3.8, 4) is 0 Å². The molecular weight excluding hydrogens is 212 g/mol. The number of rotatable bonds is 8. The lowest BCUT2D eigenvalue weighted by Gasteiger charge is -2.10. The number of hydrogen-bond acceptors (Lipinski definition) is 2. The molecule has 0 aromatic heterocycles. The maximum Gasteiger partial charge on any atom is 0.312 e. The average molecular weight is 233 g/mol. The Balaban J connectivity index is 3.87.